The number of hydrogen-bond acceptors (Lipinski definition) is 8. The molecule has 0 saturated carbocycles. The van der Waals surface area contributed by atoms with E-state index in [1.54, 1.807) is 12.1 Å². The van der Waals surface area contributed by atoms with E-state index in [9.17, 15) is 14.9 Å². The number of nitro groups is 1. The first kappa shape index (κ1) is 18.7. The second kappa shape index (κ2) is 8.06. The van der Waals surface area contributed by atoms with E-state index in [0.717, 1.165) is 10.2 Å². The van der Waals surface area contributed by atoms with Crippen molar-refractivity contribution in [2.24, 2.45) is 0 Å². The van der Waals surface area contributed by atoms with Gasteiger partial charge in [0.05, 0.1) is 4.92 Å². The van der Waals surface area contributed by atoms with Gasteiger partial charge < -0.3 is 11.2 Å². The molecule has 3 rings (SSSR count). The summed E-state index contributed by atoms with van der Waals surface area (Å²) in [5.41, 5.74) is 0.819. The number of nitrogens with one attached hydrogen (secondary N) is 1. The normalized spacial score (nSPS) is 10.6. The fourth-order valence-electron chi connectivity index (χ4n) is 2.09. The summed E-state index contributed by atoms with van der Waals surface area (Å²) < 4.78 is 0.904. The molecule has 0 aliphatic heterocycles. The SMILES string of the molecule is Nn1c(SCc2ccc(Cl)cc2)nnc(Nc2ccc([N+](=O)[O-])cc2)c1=O. The van der Waals surface area contributed by atoms with Gasteiger partial charge in [-0.2, -0.15) is 4.68 Å². The minimum absolute atomic E-state index is 0.0585. The van der Waals surface area contributed by atoms with Gasteiger partial charge in [0, 0.05) is 28.6 Å². The number of hydrogen-bond donors (Lipinski definition) is 2. The Bertz CT molecular complexity index is 1020. The molecular weight excluding hydrogens is 392 g/mol. The van der Waals surface area contributed by atoms with Crippen LogP contribution in [-0.2, 0) is 5.75 Å². The average molecular weight is 405 g/mol. The fraction of sp³-hybridized carbons (Fsp3) is 0.0625. The lowest BCUT2D eigenvalue weighted by Crippen LogP contribution is -2.32. The van der Waals surface area contributed by atoms with E-state index >= 15 is 0 Å². The number of nitro benzene ring substituents is 1. The predicted molar refractivity (Wildman–Crippen MR) is 104 cm³/mol. The number of nitrogens with two attached hydrogens (primary N) is 1. The summed E-state index contributed by atoms with van der Waals surface area (Å²) in [6, 6.07) is 12.8. The number of non-ortho nitro benzene ring substituents is 1. The van der Waals surface area contributed by atoms with Crippen LogP contribution >= 0.6 is 23.4 Å². The second-order valence-electron chi connectivity index (χ2n) is 5.35. The monoisotopic (exact) mass is 404 g/mol. The number of nitrogens with zero attached hydrogens (tertiary/aromatic N) is 4. The molecule has 0 fully saturated rings. The highest BCUT2D eigenvalue weighted by atomic mass is 35.5. The number of benzene rings is 2. The van der Waals surface area contributed by atoms with Crippen molar-refractivity contribution in [2.75, 3.05) is 11.2 Å². The van der Waals surface area contributed by atoms with Crippen molar-refractivity contribution in [3.63, 3.8) is 0 Å². The molecule has 0 unspecified atom stereocenters. The molecule has 0 spiro atoms. The van der Waals surface area contributed by atoms with Gasteiger partial charge >= 0.3 is 5.56 Å². The molecule has 0 bridgehead atoms. The molecule has 0 amide bonds. The van der Waals surface area contributed by atoms with Crippen LogP contribution < -0.4 is 16.7 Å². The van der Waals surface area contributed by atoms with Crippen LogP contribution in [0.25, 0.3) is 0 Å². The van der Waals surface area contributed by atoms with Crippen LogP contribution in [0.15, 0.2) is 58.5 Å². The molecule has 11 heteroatoms. The first-order valence-corrected chi connectivity index (χ1v) is 8.94. The molecule has 3 N–H and O–H groups in total. The first-order chi connectivity index (χ1) is 12.9. The molecule has 0 radical (unpaired) electrons. The quantitative estimate of drug-likeness (QED) is 0.277. The summed E-state index contributed by atoms with van der Waals surface area (Å²) in [6.07, 6.45) is 0. The maximum absolute atomic E-state index is 12.4. The van der Waals surface area contributed by atoms with Crippen LogP contribution in [0.2, 0.25) is 5.02 Å². The van der Waals surface area contributed by atoms with Gasteiger partial charge in [-0.1, -0.05) is 35.5 Å². The minimum atomic E-state index is -0.568. The molecule has 0 saturated heterocycles. The number of halogens is 1. The number of aromatic nitrogens is 3. The predicted octanol–water partition coefficient (Wildman–Crippen LogP) is 2.95. The summed E-state index contributed by atoms with van der Waals surface area (Å²) >= 11 is 7.11. The molecule has 0 aliphatic carbocycles. The average Bonchev–Trinajstić information content (AvgIpc) is 2.66. The van der Waals surface area contributed by atoms with Crippen molar-refractivity contribution in [3.8, 4) is 0 Å². The van der Waals surface area contributed by atoms with Crippen molar-refractivity contribution < 1.29 is 4.92 Å². The number of anilines is 2. The third-order valence-corrected chi connectivity index (χ3v) is 4.75. The van der Waals surface area contributed by atoms with Crippen LogP contribution in [0.4, 0.5) is 17.2 Å². The molecule has 9 nitrogen and oxygen atoms in total. The Morgan fingerprint density at radius 2 is 1.81 bits per heavy atom. The van der Waals surface area contributed by atoms with Crippen molar-refractivity contribution in [3.05, 3.63) is 79.6 Å². The summed E-state index contributed by atoms with van der Waals surface area (Å²) in [5.74, 6) is 6.28. The molecule has 138 valence electrons. The van der Waals surface area contributed by atoms with Crippen molar-refractivity contribution in [1.82, 2.24) is 14.9 Å². The van der Waals surface area contributed by atoms with Gasteiger partial charge in [0.25, 0.3) is 5.69 Å². The van der Waals surface area contributed by atoms with Gasteiger partial charge in [-0.05, 0) is 29.8 Å². The van der Waals surface area contributed by atoms with Crippen LogP contribution in [0.1, 0.15) is 5.56 Å². The number of nitrogen functional groups attached to an aromatic ring is 1. The molecular formula is C16H13ClN6O3S. The van der Waals surface area contributed by atoms with Gasteiger partial charge in [-0.25, -0.2) is 0 Å². The van der Waals surface area contributed by atoms with Gasteiger partial charge in [0.1, 0.15) is 0 Å². The largest absolute Gasteiger partial charge is 0.334 e. The van der Waals surface area contributed by atoms with Crippen molar-refractivity contribution >= 4 is 40.6 Å². The van der Waals surface area contributed by atoms with Crippen LogP contribution in [-0.4, -0.2) is 19.8 Å². The minimum Gasteiger partial charge on any atom is -0.334 e. The lowest BCUT2D eigenvalue weighted by Gasteiger charge is -2.09. The summed E-state index contributed by atoms with van der Waals surface area (Å²) in [4.78, 5) is 22.5. The standard InChI is InChI=1S/C16H13ClN6O3S/c17-11-3-1-10(2-4-11)9-27-16-21-20-14(15(24)22(16)18)19-12-5-7-13(8-6-12)23(25)26/h1-8H,9,18H2,(H,19,20). The summed E-state index contributed by atoms with van der Waals surface area (Å²) in [7, 11) is 0. The maximum Gasteiger partial charge on any atom is 0.315 e. The Balaban J connectivity index is 1.73. The van der Waals surface area contributed by atoms with Gasteiger partial charge in [-0.3, -0.25) is 14.9 Å². The van der Waals surface area contributed by atoms with Crippen molar-refractivity contribution in [1.29, 1.82) is 0 Å². The van der Waals surface area contributed by atoms with Crippen LogP contribution in [0.5, 0.6) is 0 Å². The highest BCUT2D eigenvalue weighted by molar-refractivity contribution is 7.98. The Hall–Kier alpha value is -3.11. The molecule has 1 heterocycles. The van der Waals surface area contributed by atoms with Crippen LogP contribution in [0.3, 0.4) is 0 Å². The Morgan fingerprint density at radius 1 is 1.15 bits per heavy atom. The molecule has 2 aromatic carbocycles. The number of rotatable bonds is 6. The van der Waals surface area contributed by atoms with Gasteiger partial charge in [0.15, 0.2) is 0 Å². The Labute approximate surface area is 162 Å². The third kappa shape index (κ3) is 4.54. The van der Waals surface area contributed by atoms with E-state index in [-0.39, 0.29) is 16.7 Å². The Kier molecular flexibility index (Phi) is 5.57. The molecule has 27 heavy (non-hydrogen) atoms. The van der Waals surface area contributed by atoms with E-state index in [1.807, 2.05) is 12.1 Å². The zero-order valence-corrected chi connectivity index (χ0v) is 15.3. The molecule has 1 aromatic heterocycles. The lowest BCUT2D eigenvalue weighted by atomic mass is 10.2. The van der Waals surface area contributed by atoms with Gasteiger partial charge in [-0.15, -0.1) is 10.2 Å². The summed E-state index contributed by atoms with van der Waals surface area (Å²) in [6.45, 7) is 0. The Morgan fingerprint density at radius 3 is 2.44 bits per heavy atom. The topological polar surface area (TPSA) is 129 Å². The third-order valence-electron chi connectivity index (χ3n) is 3.49. The molecule has 0 atom stereocenters. The number of thioether (sulfide) groups is 1. The van der Waals surface area contributed by atoms with E-state index in [1.165, 1.54) is 36.0 Å². The summed E-state index contributed by atoms with van der Waals surface area (Å²) in [5, 5.41) is 22.2. The van der Waals surface area contributed by atoms with E-state index < -0.39 is 10.5 Å². The highest BCUT2D eigenvalue weighted by Gasteiger charge is 2.12. The second-order valence-corrected chi connectivity index (χ2v) is 6.73. The molecule has 3 aromatic rings. The zero-order chi connectivity index (χ0) is 19.4. The smallest absolute Gasteiger partial charge is 0.315 e. The lowest BCUT2D eigenvalue weighted by molar-refractivity contribution is -0.384. The van der Waals surface area contributed by atoms with E-state index in [4.69, 9.17) is 17.4 Å². The van der Waals surface area contributed by atoms with E-state index in [0.29, 0.717) is 16.5 Å². The highest BCUT2D eigenvalue weighted by Crippen LogP contribution is 2.21. The van der Waals surface area contributed by atoms with Gasteiger partial charge in [0.2, 0.25) is 11.0 Å². The van der Waals surface area contributed by atoms with E-state index in [2.05, 4.69) is 15.5 Å². The van der Waals surface area contributed by atoms with Crippen LogP contribution in [0, 0.1) is 10.1 Å². The molecule has 0 aliphatic rings. The zero-order valence-electron chi connectivity index (χ0n) is 13.7. The maximum atomic E-state index is 12.4. The fourth-order valence-corrected chi connectivity index (χ4v) is 3.03. The first-order valence-electron chi connectivity index (χ1n) is 7.57. The van der Waals surface area contributed by atoms with Crippen molar-refractivity contribution in [2.45, 2.75) is 10.9 Å².